The number of aliphatic hydroxyl groups is 2. The van der Waals surface area contributed by atoms with Crippen molar-refractivity contribution in [3.63, 3.8) is 0 Å². The molecule has 0 aliphatic rings. The predicted molar refractivity (Wildman–Crippen MR) is 60.5 cm³/mol. The Labute approximate surface area is 94.6 Å². The number of anilines is 1. The molecule has 5 heteroatoms. The summed E-state index contributed by atoms with van der Waals surface area (Å²) in [4.78, 5) is 0. The van der Waals surface area contributed by atoms with Crippen molar-refractivity contribution in [1.82, 2.24) is 0 Å². The average Bonchev–Trinajstić information content (AvgIpc) is 2.34. The second-order valence-electron chi connectivity index (χ2n) is 3.26. The number of hydrogen-bond donors (Lipinski definition) is 3. The van der Waals surface area contributed by atoms with E-state index < -0.39 is 6.10 Å². The number of hydrogen-bond acceptors (Lipinski definition) is 5. The van der Waals surface area contributed by atoms with E-state index in [0.717, 1.165) is 5.69 Å². The summed E-state index contributed by atoms with van der Waals surface area (Å²) in [6, 6.07) is 7.33. The molecule has 3 N–H and O–H groups in total. The highest BCUT2D eigenvalue weighted by molar-refractivity contribution is 5.56. The Balaban J connectivity index is 2.56. The van der Waals surface area contributed by atoms with E-state index >= 15 is 0 Å². The average molecular weight is 227 g/mol. The summed E-state index contributed by atoms with van der Waals surface area (Å²) in [7, 11) is 1.55. The van der Waals surface area contributed by atoms with Crippen LogP contribution in [-0.4, -0.2) is 43.4 Å². The summed E-state index contributed by atoms with van der Waals surface area (Å²) < 4.78 is 10.1. The molecule has 0 saturated heterocycles. The van der Waals surface area contributed by atoms with E-state index in [1.165, 1.54) is 0 Å². The molecule has 90 valence electrons. The Kier molecular flexibility index (Phi) is 5.63. The molecule has 0 amide bonds. The number of nitrogens with one attached hydrogen (secondary N) is 1. The van der Waals surface area contributed by atoms with Crippen LogP contribution in [0.1, 0.15) is 0 Å². The predicted octanol–water partition coefficient (Wildman–Crippen LogP) is 0.434. The van der Waals surface area contributed by atoms with E-state index in [1.54, 1.807) is 13.2 Å². The van der Waals surface area contributed by atoms with Crippen LogP contribution in [0.2, 0.25) is 0 Å². The van der Waals surface area contributed by atoms with Gasteiger partial charge in [-0.3, -0.25) is 0 Å². The fourth-order valence-electron chi connectivity index (χ4n) is 1.15. The molecule has 0 radical (unpaired) electrons. The maximum atomic E-state index is 9.21. The van der Waals surface area contributed by atoms with Crippen molar-refractivity contribution in [2.45, 2.75) is 6.10 Å². The molecule has 0 aliphatic heterocycles. The molecule has 1 rings (SSSR count). The van der Waals surface area contributed by atoms with Crippen LogP contribution in [0.25, 0.3) is 0 Å². The summed E-state index contributed by atoms with van der Waals surface area (Å²) in [6.45, 7) is 0.166. The van der Waals surface area contributed by atoms with Crippen LogP contribution in [-0.2, 0) is 4.74 Å². The molecule has 1 atom stereocenters. The van der Waals surface area contributed by atoms with Gasteiger partial charge < -0.3 is 25.0 Å². The van der Waals surface area contributed by atoms with Crippen molar-refractivity contribution in [2.75, 3.05) is 32.4 Å². The first-order valence-corrected chi connectivity index (χ1v) is 5.01. The molecule has 0 aromatic heterocycles. The molecule has 1 aromatic carbocycles. The number of methoxy groups -OCH3 is 1. The molecule has 16 heavy (non-hydrogen) atoms. The Hall–Kier alpha value is -1.30. The highest BCUT2D eigenvalue weighted by atomic mass is 16.7. The minimum absolute atomic E-state index is 0.168. The summed E-state index contributed by atoms with van der Waals surface area (Å²) >= 11 is 0. The summed E-state index contributed by atoms with van der Waals surface area (Å²) in [5, 5.41) is 20.9. The van der Waals surface area contributed by atoms with Gasteiger partial charge in [0, 0.05) is 13.7 Å². The van der Waals surface area contributed by atoms with Crippen molar-refractivity contribution < 1.29 is 19.7 Å². The van der Waals surface area contributed by atoms with Gasteiger partial charge in [0.05, 0.1) is 18.4 Å². The maximum absolute atomic E-state index is 9.21. The molecule has 0 fully saturated rings. The maximum Gasteiger partial charge on any atom is 0.188 e. The number of ether oxygens (including phenoxy) is 2. The lowest BCUT2D eigenvalue weighted by Gasteiger charge is -2.14. The summed E-state index contributed by atoms with van der Waals surface area (Å²) in [5.74, 6) is 0.648. The number of para-hydroxylation sites is 2. The normalized spacial score (nSPS) is 12.2. The molecular weight excluding hydrogens is 210 g/mol. The van der Waals surface area contributed by atoms with Crippen molar-refractivity contribution >= 4 is 5.69 Å². The van der Waals surface area contributed by atoms with Gasteiger partial charge in [0.1, 0.15) is 5.75 Å². The van der Waals surface area contributed by atoms with Crippen LogP contribution in [0.4, 0.5) is 5.69 Å². The zero-order chi connectivity index (χ0) is 11.8. The minimum atomic E-state index is -0.782. The van der Waals surface area contributed by atoms with Crippen LogP contribution >= 0.6 is 0 Å². The monoisotopic (exact) mass is 227 g/mol. The van der Waals surface area contributed by atoms with E-state index in [2.05, 4.69) is 5.32 Å². The van der Waals surface area contributed by atoms with Crippen LogP contribution in [0.3, 0.4) is 0 Å². The second kappa shape index (κ2) is 7.05. The topological polar surface area (TPSA) is 71.0 Å². The van der Waals surface area contributed by atoms with Crippen LogP contribution in [0.15, 0.2) is 24.3 Å². The third kappa shape index (κ3) is 4.06. The first kappa shape index (κ1) is 12.8. The van der Waals surface area contributed by atoms with Crippen molar-refractivity contribution in [1.29, 1.82) is 0 Å². The van der Waals surface area contributed by atoms with E-state index in [0.29, 0.717) is 5.75 Å². The second-order valence-corrected chi connectivity index (χ2v) is 3.26. The Morgan fingerprint density at radius 3 is 2.81 bits per heavy atom. The Bertz CT molecular complexity index is 306. The van der Waals surface area contributed by atoms with E-state index in [-0.39, 0.29) is 19.9 Å². The lowest BCUT2D eigenvalue weighted by Crippen LogP contribution is -2.23. The number of aliphatic hydroxyl groups excluding tert-OH is 2. The van der Waals surface area contributed by atoms with Gasteiger partial charge in [-0.25, -0.2) is 0 Å². The quantitative estimate of drug-likeness (QED) is 0.589. The molecule has 1 unspecified atom stereocenters. The molecule has 0 heterocycles. The van der Waals surface area contributed by atoms with Crippen molar-refractivity contribution in [3.05, 3.63) is 24.3 Å². The van der Waals surface area contributed by atoms with E-state index in [4.69, 9.17) is 14.6 Å². The lowest BCUT2D eigenvalue weighted by molar-refractivity contribution is 0.0515. The molecule has 1 aromatic rings. The van der Waals surface area contributed by atoms with Gasteiger partial charge >= 0.3 is 0 Å². The van der Waals surface area contributed by atoms with Gasteiger partial charge in [0.15, 0.2) is 6.79 Å². The van der Waals surface area contributed by atoms with Crippen LogP contribution in [0.5, 0.6) is 5.75 Å². The smallest absolute Gasteiger partial charge is 0.188 e. The van der Waals surface area contributed by atoms with E-state index in [1.807, 2.05) is 18.2 Å². The number of rotatable bonds is 7. The Morgan fingerprint density at radius 1 is 1.38 bits per heavy atom. The van der Waals surface area contributed by atoms with Gasteiger partial charge in [0.2, 0.25) is 0 Å². The van der Waals surface area contributed by atoms with Crippen molar-refractivity contribution in [3.8, 4) is 5.75 Å². The summed E-state index contributed by atoms with van der Waals surface area (Å²) in [6.07, 6.45) is -0.782. The Morgan fingerprint density at radius 2 is 2.12 bits per heavy atom. The molecule has 0 spiro atoms. The highest BCUT2D eigenvalue weighted by Gasteiger charge is 2.05. The molecule has 5 nitrogen and oxygen atoms in total. The fourth-order valence-corrected chi connectivity index (χ4v) is 1.15. The fraction of sp³-hybridized carbons (Fsp3) is 0.455. The SMILES string of the molecule is COCOc1ccccc1NCC(O)CO. The zero-order valence-corrected chi connectivity index (χ0v) is 9.22. The molecular formula is C11H17NO4. The number of benzene rings is 1. The van der Waals surface area contributed by atoms with Crippen molar-refractivity contribution in [2.24, 2.45) is 0 Å². The minimum Gasteiger partial charge on any atom is -0.465 e. The molecule has 0 bridgehead atoms. The first-order valence-electron chi connectivity index (χ1n) is 5.01. The lowest BCUT2D eigenvalue weighted by atomic mass is 10.2. The third-order valence-corrected chi connectivity index (χ3v) is 1.96. The van der Waals surface area contributed by atoms with Crippen LogP contribution < -0.4 is 10.1 Å². The van der Waals surface area contributed by atoms with Gasteiger partial charge in [-0.15, -0.1) is 0 Å². The standard InChI is InChI=1S/C11H17NO4/c1-15-8-16-11-5-3-2-4-10(11)12-6-9(14)7-13/h2-5,9,12-14H,6-8H2,1H3. The van der Waals surface area contributed by atoms with Crippen LogP contribution in [0, 0.1) is 0 Å². The molecule has 0 aliphatic carbocycles. The summed E-state index contributed by atoms with van der Waals surface area (Å²) in [5.41, 5.74) is 0.757. The van der Waals surface area contributed by atoms with Gasteiger partial charge in [-0.2, -0.15) is 0 Å². The van der Waals surface area contributed by atoms with Gasteiger partial charge in [-0.1, -0.05) is 12.1 Å². The van der Waals surface area contributed by atoms with Gasteiger partial charge in [-0.05, 0) is 12.1 Å². The van der Waals surface area contributed by atoms with Gasteiger partial charge in [0.25, 0.3) is 0 Å². The molecule has 0 saturated carbocycles. The largest absolute Gasteiger partial charge is 0.465 e. The third-order valence-electron chi connectivity index (χ3n) is 1.96. The first-order chi connectivity index (χ1) is 7.77. The zero-order valence-electron chi connectivity index (χ0n) is 9.22. The van der Waals surface area contributed by atoms with E-state index in [9.17, 15) is 5.11 Å². The highest BCUT2D eigenvalue weighted by Crippen LogP contribution is 2.23.